The fourth-order valence-electron chi connectivity index (χ4n) is 1.59. The molecule has 0 atom stereocenters. The molecule has 2 aromatic carbocycles. The lowest BCUT2D eigenvalue weighted by atomic mass is 10.2. The predicted molar refractivity (Wildman–Crippen MR) is 77.1 cm³/mol. The summed E-state index contributed by atoms with van der Waals surface area (Å²) in [5.41, 5.74) is 1.24. The van der Waals surface area contributed by atoms with E-state index < -0.39 is 16.1 Å². The van der Waals surface area contributed by atoms with Crippen LogP contribution >= 0.6 is 0 Å². The fourth-order valence-corrected chi connectivity index (χ4v) is 2.50. The van der Waals surface area contributed by atoms with Crippen LogP contribution in [0.4, 0.5) is 10.5 Å². The molecule has 0 saturated heterocycles. The third kappa shape index (κ3) is 3.96. The van der Waals surface area contributed by atoms with Gasteiger partial charge in [-0.25, -0.2) is 17.9 Å². The highest BCUT2D eigenvalue weighted by atomic mass is 32.2. The Bertz CT molecular complexity index is 738. The molecule has 0 unspecified atom stereocenters. The quantitative estimate of drug-likeness (QED) is 0.912. The lowest BCUT2D eigenvalue weighted by Crippen LogP contribution is -2.34. The maximum Gasteiger partial charge on any atom is 0.333 e. The summed E-state index contributed by atoms with van der Waals surface area (Å²) in [7, 11) is -3.93. The number of urea groups is 1. The van der Waals surface area contributed by atoms with Crippen LogP contribution in [0.15, 0.2) is 53.4 Å². The molecular weight excluding hydrogens is 292 g/mol. The van der Waals surface area contributed by atoms with Crippen LogP contribution in [0.1, 0.15) is 5.56 Å². The molecule has 21 heavy (non-hydrogen) atoms. The van der Waals surface area contributed by atoms with Crippen LogP contribution < -0.4 is 10.0 Å². The highest BCUT2D eigenvalue weighted by Gasteiger charge is 2.17. The number of benzene rings is 2. The Kier molecular flexibility index (Phi) is 4.13. The summed E-state index contributed by atoms with van der Waals surface area (Å²) in [5.74, 6) is -0.201. The molecule has 7 heteroatoms. The van der Waals surface area contributed by atoms with Crippen molar-refractivity contribution in [1.82, 2.24) is 4.72 Å². The average molecular weight is 305 g/mol. The number of rotatable bonds is 3. The lowest BCUT2D eigenvalue weighted by Gasteiger charge is -2.08. The first kappa shape index (κ1) is 14.9. The van der Waals surface area contributed by atoms with E-state index in [-0.39, 0.29) is 10.6 Å². The number of anilines is 1. The first-order valence-corrected chi connectivity index (χ1v) is 7.53. The van der Waals surface area contributed by atoms with Gasteiger partial charge in [0.15, 0.2) is 5.75 Å². The predicted octanol–water partition coefficient (Wildman–Crippen LogP) is 2.65. The van der Waals surface area contributed by atoms with Crippen LogP contribution in [-0.4, -0.2) is 14.4 Å². The van der Waals surface area contributed by atoms with Crippen molar-refractivity contribution >= 4 is 21.7 Å². The van der Waals surface area contributed by atoms with Gasteiger partial charge in [-0.2, -0.15) is 0 Å². The van der Waals surface area contributed by atoms with Gasteiger partial charge in [0.1, 0.15) is 0 Å². The zero-order valence-corrected chi connectivity index (χ0v) is 12.0. The topological polar surface area (TPSA) is 95.2 Å². The maximum atomic E-state index is 12.0. The Labute approximate surface area is 122 Å². The van der Waals surface area contributed by atoms with Crippen molar-refractivity contribution < 1.29 is 18.3 Å². The molecule has 0 fully saturated rings. The Balaban J connectivity index is 2.07. The van der Waals surface area contributed by atoms with E-state index in [0.29, 0.717) is 5.69 Å². The highest BCUT2D eigenvalue weighted by Crippen LogP contribution is 2.15. The van der Waals surface area contributed by atoms with Crippen LogP contribution in [0.25, 0.3) is 0 Å². The number of amides is 2. The van der Waals surface area contributed by atoms with Crippen molar-refractivity contribution in [2.75, 3.05) is 5.32 Å². The van der Waals surface area contributed by atoms with Gasteiger partial charge < -0.3 is 5.32 Å². The minimum absolute atomic E-state index is 0.00171. The van der Waals surface area contributed by atoms with Gasteiger partial charge in [-0.1, -0.05) is 17.7 Å². The molecule has 6 nitrogen and oxygen atoms in total. The van der Waals surface area contributed by atoms with Gasteiger partial charge in [0.05, 0.1) is 4.90 Å². The van der Waals surface area contributed by atoms with E-state index >= 15 is 0 Å². The molecule has 0 aliphatic heterocycles. The fraction of sp³-hybridized carbons (Fsp3) is 0.0714. The van der Waals surface area contributed by atoms with Gasteiger partial charge in [0, 0.05) is 5.69 Å². The van der Waals surface area contributed by atoms with Crippen LogP contribution in [0.3, 0.4) is 0 Å². The summed E-state index contributed by atoms with van der Waals surface area (Å²) in [6.07, 6.45) is 0. The molecule has 0 aromatic heterocycles. The van der Waals surface area contributed by atoms with Crippen LogP contribution in [0.2, 0.25) is 0 Å². The van der Waals surface area contributed by atoms with Crippen molar-refractivity contribution in [3.63, 3.8) is 0 Å². The Morgan fingerprint density at radius 2 is 1.52 bits per heavy atom. The van der Waals surface area contributed by atoms with E-state index in [9.17, 15) is 18.3 Å². The van der Waals surface area contributed by atoms with E-state index in [1.807, 2.05) is 11.6 Å². The number of hydrogen-bond acceptors (Lipinski definition) is 3. The Morgan fingerprint density at radius 1 is 0.952 bits per heavy atom. The third-order valence-corrected chi connectivity index (χ3v) is 4.02. The molecule has 2 rings (SSSR count). The van der Waals surface area contributed by atoms with Crippen molar-refractivity contribution in [2.24, 2.45) is 0 Å². The van der Waals surface area contributed by atoms with Crippen LogP contribution in [0, 0.1) is 6.92 Å². The first-order valence-electron chi connectivity index (χ1n) is 6.04. The van der Waals surface area contributed by atoms with E-state index in [4.69, 9.17) is 0 Å². The number of nitrogens with one attached hydrogen (secondary N) is 2. The molecule has 2 amide bonds. The molecule has 2 aromatic rings. The van der Waals surface area contributed by atoms with E-state index in [1.165, 1.54) is 36.4 Å². The molecule has 2 N–H and O–H groups in total. The summed E-state index contributed by atoms with van der Waals surface area (Å²) in [6.45, 7) is 1.83. The van der Waals surface area contributed by atoms with Crippen LogP contribution in [-0.2, 0) is 15.1 Å². The molecule has 0 aliphatic rings. The second kappa shape index (κ2) is 5.84. The molecule has 0 spiro atoms. The SMILES string of the molecule is Cc1ccc(S(=O)(=O)NC(=O)Nc2ccc([O])cc2)cc1. The van der Waals surface area contributed by atoms with Crippen molar-refractivity contribution in [2.45, 2.75) is 11.8 Å². The number of carbonyl (C=O) groups is 1. The second-order valence-corrected chi connectivity index (χ2v) is 6.08. The normalized spacial score (nSPS) is 10.9. The largest absolute Gasteiger partial charge is 0.333 e. The van der Waals surface area contributed by atoms with Crippen molar-refractivity contribution in [3.8, 4) is 5.75 Å². The standard InChI is InChI=1S/C14H13N2O4S/c1-10-2-8-13(9-3-10)21(19,20)16-14(18)15-11-4-6-12(17)7-5-11/h2-9H,1H3,(H2,15,16,18). The summed E-state index contributed by atoms with van der Waals surface area (Å²) in [5, 5.41) is 13.3. The smallest absolute Gasteiger partial charge is 0.307 e. The summed E-state index contributed by atoms with van der Waals surface area (Å²) < 4.78 is 25.9. The minimum Gasteiger partial charge on any atom is -0.307 e. The first-order chi connectivity index (χ1) is 9.87. The van der Waals surface area contributed by atoms with E-state index in [1.54, 1.807) is 12.1 Å². The molecule has 0 aliphatic carbocycles. The number of carbonyl (C=O) groups excluding carboxylic acids is 1. The highest BCUT2D eigenvalue weighted by molar-refractivity contribution is 7.90. The van der Waals surface area contributed by atoms with Crippen LogP contribution in [0.5, 0.6) is 5.75 Å². The monoisotopic (exact) mass is 305 g/mol. The zero-order valence-electron chi connectivity index (χ0n) is 11.2. The van der Waals surface area contributed by atoms with Gasteiger partial charge in [-0.15, -0.1) is 0 Å². The lowest BCUT2D eigenvalue weighted by molar-refractivity contribution is 0.256. The Hall–Kier alpha value is -2.54. The van der Waals surface area contributed by atoms with E-state index in [2.05, 4.69) is 5.32 Å². The maximum absolute atomic E-state index is 12.0. The molecule has 0 bridgehead atoms. The number of aryl methyl sites for hydroxylation is 1. The summed E-state index contributed by atoms with van der Waals surface area (Å²) >= 11 is 0. The van der Waals surface area contributed by atoms with Gasteiger partial charge in [-0.05, 0) is 43.3 Å². The minimum atomic E-state index is -3.93. The van der Waals surface area contributed by atoms with Gasteiger partial charge in [0.2, 0.25) is 0 Å². The summed E-state index contributed by atoms with van der Waals surface area (Å²) in [4.78, 5) is 11.7. The van der Waals surface area contributed by atoms with Crippen molar-refractivity contribution in [3.05, 3.63) is 54.1 Å². The molecule has 109 valence electrons. The average Bonchev–Trinajstić information content (AvgIpc) is 2.41. The Morgan fingerprint density at radius 3 is 2.10 bits per heavy atom. The third-order valence-electron chi connectivity index (χ3n) is 2.67. The van der Waals surface area contributed by atoms with Gasteiger partial charge in [-0.3, -0.25) is 5.11 Å². The van der Waals surface area contributed by atoms with Gasteiger partial charge >= 0.3 is 6.03 Å². The van der Waals surface area contributed by atoms with Gasteiger partial charge in [0.25, 0.3) is 10.0 Å². The number of hydrogen-bond donors (Lipinski definition) is 2. The number of sulfonamides is 1. The summed E-state index contributed by atoms with van der Waals surface area (Å²) in [6, 6.07) is 10.5. The van der Waals surface area contributed by atoms with E-state index in [0.717, 1.165) is 5.56 Å². The second-order valence-electron chi connectivity index (χ2n) is 4.40. The zero-order chi connectivity index (χ0) is 15.5. The molecule has 0 saturated carbocycles. The molecule has 0 heterocycles. The van der Waals surface area contributed by atoms with Crippen molar-refractivity contribution in [1.29, 1.82) is 0 Å². The molecular formula is C14H13N2O4S. The molecule has 1 radical (unpaired) electrons.